The number of furan rings is 1. The number of benzene rings is 6. The Kier molecular flexibility index (Phi) is 7.09. The molecule has 6 aromatic carbocycles. The zero-order valence-corrected chi connectivity index (χ0v) is 26.8. The first-order chi connectivity index (χ1) is 24.2. The highest BCUT2D eigenvalue weighted by Crippen LogP contribution is 2.44. The third-order valence-corrected chi connectivity index (χ3v) is 9.71. The van der Waals surface area contributed by atoms with Crippen molar-refractivity contribution in [3.63, 3.8) is 0 Å². The number of rotatable bonds is 6. The number of nitrogens with one attached hydrogen (secondary N) is 1. The molecule has 3 heteroatoms. The second-order valence-electron chi connectivity index (χ2n) is 12.7. The van der Waals surface area contributed by atoms with Crippen molar-refractivity contribution < 1.29 is 9.52 Å². The van der Waals surface area contributed by atoms with Crippen LogP contribution in [-0.4, -0.2) is 5.11 Å². The van der Waals surface area contributed by atoms with Gasteiger partial charge in [-0.1, -0.05) is 134 Å². The molecule has 0 aliphatic heterocycles. The summed E-state index contributed by atoms with van der Waals surface area (Å²) in [6, 6.07) is 45.6. The molecule has 234 valence electrons. The van der Waals surface area contributed by atoms with Crippen LogP contribution >= 0.6 is 0 Å². The van der Waals surface area contributed by atoms with Gasteiger partial charge in [0.15, 0.2) is 0 Å². The Morgan fingerprint density at radius 3 is 2.31 bits per heavy atom. The lowest BCUT2D eigenvalue weighted by Crippen LogP contribution is -2.05. The molecule has 2 N–H and O–H groups in total. The summed E-state index contributed by atoms with van der Waals surface area (Å²) in [5.74, 6) is 0.691. The van der Waals surface area contributed by atoms with Crippen molar-refractivity contribution >= 4 is 38.9 Å². The molecular weight excluding hydrogens is 599 g/mol. The summed E-state index contributed by atoms with van der Waals surface area (Å²) in [5.41, 5.74) is 13.4. The summed E-state index contributed by atoms with van der Waals surface area (Å²) in [7, 11) is 0. The lowest BCUT2D eigenvalue weighted by Gasteiger charge is -2.21. The van der Waals surface area contributed by atoms with Crippen LogP contribution in [0.4, 0.5) is 11.4 Å². The minimum atomic E-state index is 0.227. The van der Waals surface area contributed by atoms with E-state index in [-0.39, 0.29) is 5.75 Å². The highest BCUT2D eigenvalue weighted by atomic mass is 16.3. The van der Waals surface area contributed by atoms with Crippen molar-refractivity contribution in [2.45, 2.75) is 6.42 Å². The summed E-state index contributed by atoms with van der Waals surface area (Å²) in [5, 5.41) is 17.2. The van der Waals surface area contributed by atoms with E-state index >= 15 is 0 Å². The minimum absolute atomic E-state index is 0.227. The molecule has 1 aromatic heterocycles. The maximum atomic E-state index is 11.3. The molecule has 9 rings (SSSR count). The third-order valence-electron chi connectivity index (χ3n) is 9.71. The van der Waals surface area contributed by atoms with E-state index in [0.29, 0.717) is 5.92 Å². The van der Waals surface area contributed by atoms with E-state index < -0.39 is 0 Å². The zero-order valence-electron chi connectivity index (χ0n) is 26.8. The average molecular weight is 632 g/mol. The first kappa shape index (κ1) is 28.9. The SMILES string of the molecule is Oc1cccc(Nc2ccc(-c3cccc4c3oc3ccccc34)cc2)c1-c1ccccc1-c1cccc(C2=CCC3C=CC=CC3=C2)c1. The summed E-state index contributed by atoms with van der Waals surface area (Å²) >= 11 is 0. The zero-order chi connectivity index (χ0) is 32.7. The number of hydrogen-bond acceptors (Lipinski definition) is 3. The van der Waals surface area contributed by atoms with Crippen LogP contribution < -0.4 is 5.32 Å². The molecule has 1 atom stereocenters. The topological polar surface area (TPSA) is 45.4 Å². The van der Waals surface area contributed by atoms with E-state index in [1.54, 1.807) is 6.07 Å². The molecule has 0 radical (unpaired) electrons. The molecule has 0 bridgehead atoms. The van der Waals surface area contributed by atoms with Gasteiger partial charge in [-0.3, -0.25) is 0 Å². The molecule has 0 saturated heterocycles. The highest BCUT2D eigenvalue weighted by molar-refractivity contribution is 6.09. The monoisotopic (exact) mass is 631 g/mol. The number of para-hydroxylation sites is 2. The van der Waals surface area contributed by atoms with Crippen molar-refractivity contribution in [3.8, 4) is 39.1 Å². The number of anilines is 2. The normalized spacial score (nSPS) is 15.2. The van der Waals surface area contributed by atoms with E-state index in [1.165, 1.54) is 16.7 Å². The fourth-order valence-corrected chi connectivity index (χ4v) is 7.27. The molecule has 0 saturated carbocycles. The highest BCUT2D eigenvalue weighted by Gasteiger charge is 2.19. The van der Waals surface area contributed by atoms with Gasteiger partial charge in [-0.05, 0) is 81.8 Å². The van der Waals surface area contributed by atoms with Gasteiger partial charge in [0.05, 0.1) is 5.69 Å². The van der Waals surface area contributed by atoms with Crippen LogP contribution in [0.15, 0.2) is 180 Å². The van der Waals surface area contributed by atoms with Crippen molar-refractivity contribution in [1.82, 2.24) is 0 Å². The Hall–Kier alpha value is -6.32. The fourth-order valence-electron chi connectivity index (χ4n) is 7.27. The molecule has 1 heterocycles. The van der Waals surface area contributed by atoms with E-state index in [4.69, 9.17) is 4.42 Å². The summed E-state index contributed by atoms with van der Waals surface area (Å²) < 4.78 is 6.30. The van der Waals surface area contributed by atoms with Crippen molar-refractivity contribution in [2.75, 3.05) is 5.32 Å². The molecule has 0 amide bonds. The van der Waals surface area contributed by atoms with Gasteiger partial charge < -0.3 is 14.8 Å². The van der Waals surface area contributed by atoms with E-state index in [9.17, 15) is 5.11 Å². The van der Waals surface area contributed by atoms with Crippen molar-refractivity contribution in [2.24, 2.45) is 5.92 Å². The van der Waals surface area contributed by atoms with Gasteiger partial charge in [0.1, 0.15) is 16.9 Å². The first-order valence-corrected chi connectivity index (χ1v) is 16.8. The second kappa shape index (κ2) is 12.0. The first-order valence-electron chi connectivity index (χ1n) is 16.8. The van der Waals surface area contributed by atoms with Gasteiger partial charge >= 0.3 is 0 Å². The van der Waals surface area contributed by atoms with Crippen LogP contribution in [0.5, 0.6) is 5.75 Å². The second-order valence-corrected chi connectivity index (χ2v) is 12.7. The van der Waals surface area contributed by atoms with E-state index in [2.05, 4.69) is 133 Å². The minimum Gasteiger partial charge on any atom is -0.507 e. The van der Waals surface area contributed by atoms with Crippen LogP contribution in [0.1, 0.15) is 12.0 Å². The largest absolute Gasteiger partial charge is 0.507 e. The molecule has 49 heavy (non-hydrogen) atoms. The Morgan fingerprint density at radius 2 is 1.39 bits per heavy atom. The predicted octanol–water partition coefficient (Wildman–Crippen LogP) is 12.5. The average Bonchev–Trinajstić information content (AvgIpc) is 3.54. The Balaban J connectivity index is 1.05. The van der Waals surface area contributed by atoms with Gasteiger partial charge in [-0.25, -0.2) is 0 Å². The number of fused-ring (bicyclic) bond motifs is 4. The molecule has 2 aliphatic rings. The summed E-state index contributed by atoms with van der Waals surface area (Å²) in [6.45, 7) is 0. The van der Waals surface area contributed by atoms with Gasteiger partial charge in [0.2, 0.25) is 0 Å². The molecule has 1 unspecified atom stereocenters. The van der Waals surface area contributed by atoms with Crippen LogP contribution in [-0.2, 0) is 0 Å². The quantitative estimate of drug-likeness (QED) is 0.192. The van der Waals surface area contributed by atoms with Gasteiger partial charge in [0.25, 0.3) is 0 Å². The van der Waals surface area contributed by atoms with Crippen molar-refractivity contribution in [1.29, 1.82) is 0 Å². The molecule has 0 fully saturated rings. The van der Waals surface area contributed by atoms with Gasteiger partial charge in [-0.15, -0.1) is 0 Å². The lowest BCUT2D eigenvalue weighted by molar-refractivity contribution is 0.477. The summed E-state index contributed by atoms with van der Waals surface area (Å²) in [4.78, 5) is 0. The number of phenols is 1. The van der Waals surface area contributed by atoms with Crippen LogP contribution in [0.2, 0.25) is 0 Å². The van der Waals surface area contributed by atoms with Crippen LogP contribution in [0.25, 0.3) is 60.9 Å². The van der Waals surface area contributed by atoms with Gasteiger partial charge in [0, 0.05) is 33.5 Å². The number of aromatic hydroxyl groups is 1. The molecule has 3 nitrogen and oxygen atoms in total. The van der Waals surface area contributed by atoms with Crippen LogP contribution in [0.3, 0.4) is 0 Å². The Morgan fingerprint density at radius 1 is 0.633 bits per heavy atom. The standard InChI is InChI=1S/C46H33NO2/c48-43-20-9-19-42(47-36-26-24-31(25-27-36)38-17-8-18-41-39-15-5-6-21-44(39)49-46(38)41)45(43)40-16-4-3-14-37(40)35-13-7-12-33(29-35)34-23-22-30-10-1-2-11-32(30)28-34/h1-21,23-30,47-48H,22H2. The predicted molar refractivity (Wildman–Crippen MR) is 204 cm³/mol. The van der Waals surface area contributed by atoms with E-state index in [0.717, 1.165) is 73.1 Å². The smallest absolute Gasteiger partial charge is 0.143 e. The van der Waals surface area contributed by atoms with Gasteiger partial charge in [-0.2, -0.15) is 0 Å². The third kappa shape index (κ3) is 5.26. The fraction of sp³-hybridized carbons (Fsp3) is 0.0435. The Bertz CT molecular complexity index is 2510. The summed E-state index contributed by atoms with van der Waals surface area (Å²) in [6.07, 6.45) is 14.4. The Labute approximate surface area is 285 Å². The molecular formula is C46H33NO2. The maximum absolute atomic E-state index is 11.3. The molecule has 0 spiro atoms. The molecule has 2 aliphatic carbocycles. The number of hydrogen-bond donors (Lipinski definition) is 2. The molecule has 7 aromatic rings. The lowest BCUT2D eigenvalue weighted by atomic mass is 9.83. The maximum Gasteiger partial charge on any atom is 0.143 e. The van der Waals surface area contributed by atoms with Crippen LogP contribution in [0, 0.1) is 5.92 Å². The number of allylic oxidation sites excluding steroid dienone is 8. The number of phenolic OH excluding ortho intramolecular Hbond substituents is 1. The van der Waals surface area contributed by atoms with Crippen molar-refractivity contribution in [3.05, 3.63) is 181 Å². The van der Waals surface area contributed by atoms with E-state index in [1.807, 2.05) is 36.4 Å².